The molecule has 0 saturated carbocycles. The molecule has 0 spiro atoms. The molecule has 1 atom stereocenters. The first-order valence-electron chi connectivity index (χ1n) is 13.7. The maximum absolute atomic E-state index is 14.6. The van der Waals surface area contributed by atoms with Crippen molar-refractivity contribution >= 4 is 34.4 Å². The number of amides is 1. The van der Waals surface area contributed by atoms with E-state index in [-0.39, 0.29) is 23.1 Å². The van der Waals surface area contributed by atoms with Gasteiger partial charge in [-0.1, -0.05) is 26.8 Å². The molecule has 5 rings (SSSR count). The molecule has 2 aromatic heterocycles. The van der Waals surface area contributed by atoms with Gasteiger partial charge >= 0.3 is 0 Å². The Morgan fingerprint density at radius 2 is 1.88 bits per heavy atom. The van der Waals surface area contributed by atoms with Crippen molar-refractivity contribution in [1.29, 1.82) is 0 Å². The van der Waals surface area contributed by atoms with Crippen LogP contribution in [0.1, 0.15) is 46.6 Å². The highest BCUT2D eigenvalue weighted by molar-refractivity contribution is 5.92. The summed E-state index contributed by atoms with van der Waals surface area (Å²) < 4.78 is 22.6. The van der Waals surface area contributed by atoms with Crippen molar-refractivity contribution in [2.45, 2.75) is 52.5 Å². The van der Waals surface area contributed by atoms with Crippen molar-refractivity contribution in [2.75, 3.05) is 23.7 Å². The summed E-state index contributed by atoms with van der Waals surface area (Å²) in [4.78, 5) is 24.1. The molecule has 1 amide bonds. The number of benzene rings is 2. The van der Waals surface area contributed by atoms with Crippen LogP contribution >= 0.6 is 0 Å². The Kier molecular flexibility index (Phi) is 7.51. The number of carbonyl (C=O) groups is 1. The number of rotatable bonds is 7. The summed E-state index contributed by atoms with van der Waals surface area (Å²) >= 11 is 0. The first-order valence-corrected chi connectivity index (χ1v) is 13.7. The number of nitrogens with zero attached hydrogens (tertiary/aromatic N) is 4. The Morgan fingerprint density at radius 3 is 2.60 bits per heavy atom. The predicted octanol–water partition coefficient (Wildman–Crippen LogP) is 6.61. The molecule has 4 aromatic rings. The molecular weight excluding hydrogens is 507 g/mol. The van der Waals surface area contributed by atoms with Crippen molar-refractivity contribution in [3.05, 3.63) is 66.1 Å². The topological polar surface area (TPSA) is 84.3 Å². The van der Waals surface area contributed by atoms with Gasteiger partial charge in [0, 0.05) is 38.0 Å². The number of aryl methyl sites for hydroxylation is 1. The number of aromatic nitrogens is 3. The van der Waals surface area contributed by atoms with E-state index in [1.54, 1.807) is 18.3 Å². The van der Waals surface area contributed by atoms with E-state index >= 15 is 0 Å². The van der Waals surface area contributed by atoms with E-state index in [0.29, 0.717) is 40.5 Å². The van der Waals surface area contributed by atoms with E-state index in [1.807, 2.05) is 41.9 Å². The van der Waals surface area contributed by atoms with Crippen LogP contribution in [0.3, 0.4) is 0 Å². The van der Waals surface area contributed by atoms with E-state index < -0.39 is 0 Å². The van der Waals surface area contributed by atoms with Crippen LogP contribution in [0.4, 0.5) is 21.8 Å². The fraction of sp³-hybridized carbons (Fsp3) is 0.387. The lowest BCUT2D eigenvalue weighted by Crippen LogP contribution is -2.31. The standard InChI is InChI=1S/C31H37FN6O2/c1-19(2)38-14-12-20(18-38)29(39)36-28-17-23(11-13-33-28)40-22-8-10-27-26(16-22)35-30(37(27)6)34-25-15-21(31(3,4)5)7-9-24(25)32/h7-11,13,15-17,19-20H,12,14,18H2,1-6H3,(H,34,35)(H,33,36,39)/t20-/m1/s1. The van der Waals surface area contributed by atoms with Crippen LogP contribution < -0.4 is 15.4 Å². The van der Waals surface area contributed by atoms with Gasteiger partial charge in [-0.05, 0) is 68.1 Å². The van der Waals surface area contributed by atoms with E-state index in [4.69, 9.17) is 9.72 Å². The molecule has 0 aliphatic carbocycles. The number of hydrogen-bond acceptors (Lipinski definition) is 6. The molecule has 1 saturated heterocycles. The molecule has 1 aliphatic heterocycles. The molecule has 3 heterocycles. The third-order valence-corrected chi connectivity index (χ3v) is 7.47. The fourth-order valence-electron chi connectivity index (χ4n) is 4.94. The van der Waals surface area contributed by atoms with Gasteiger partial charge in [0.15, 0.2) is 0 Å². The first kappa shape index (κ1) is 27.6. The number of likely N-dealkylation sites (tertiary alicyclic amines) is 1. The highest BCUT2D eigenvalue weighted by atomic mass is 19.1. The molecule has 1 aliphatic rings. The molecule has 0 radical (unpaired) electrons. The number of hydrogen-bond donors (Lipinski definition) is 2. The maximum atomic E-state index is 14.6. The molecule has 210 valence electrons. The second kappa shape index (κ2) is 10.9. The number of pyridine rings is 1. The van der Waals surface area contributed by atoms with Gasteiger partial charge in [0.05, 0.1) is 22.6 Å². The van der Waals surface area contributed by atoms with Gasteiger partial charge in [0.1, 0.15) is 23.1 Å². The number of carbonyl (C=O) groups excluding carboxylic acids is 1. The SMILES string of the molecule is CC(C)N1CC[C@@H](C(=O)Nc2cc(Oc3ccc4c(c3)nc(Nc3cc(C(C)(C)C)ccc3F)n4C)ccn2)C1. The molecule has 1 fully saturated rings. The van der Waals surface area contributed by atoms with Crippen LogP contribution in [0.2, 0.25) is 0 Å². The van der Waals surface area contributed by atoms with Crippen molar-refractivity contribution < 1.29 is 13.9 Å². The second-order valence-corrected chi connectivity index (χ2v) is 11.8. The molecule has 9 heteroatoms. The largest absolute Gasteiger partial charge is 0.457 e. The van der Waals surface area contributed by atoms with Gasteiger partial charge in [-0.15, -0.1) is 0 Å². The monoisotopic (exact) mass is 544 g/mol. The molecule has 40 heavy (non-hydrogen) atoms. The lowest BCUT2D eigenvalue weighted by atomic mass is 9.87. The third kappa shape index (κ3) is 5.94. The molecule has 2 N–H and O–H groups in total. The lowest BCUT2D eigenvalue weighted by Gasteiger charge is -2.20. The normalized spacial score (nSPS) is 16.1. The number of fused-ring (bicyclic) bond motifs is 1. The number of ether oxygens (including phenoxy) is 1. The average Bonchev–Trinajstić information content (AvgIpc) is 3.51. The van der Waals surface area contributed by atoms with E-state index in [1.165, 1.54) is 6.07 Å². The molecule has 2 aromatic carbocycles. The minimum atomic E-state index is -0.338. The molecule has 8 nitrogen and oxygen atoms in total. The summed E-state index contributed by atoms with van der Waals surface area (Å²) in [5.41, 5.74) is 2.87. The number of imidazole rings is 1. The summed E-state index contributed by atoms with van der Waals surface area (Å²) in [5.74, 6) is 1.71. The third-order valence-electron chi connectivity index (χ3n) is 7.47. The Bertz CT molecular complexity index is 1540. The van der Waals surface area contributed by atoms with Gasteiger partial charge in [-0.2, -0.15) is 0 Å². The van der Waals surface area contributed by atoms with Crippen LogP contribution in [0.15, 0.2) is 54.7 Å². The Labute approximate surface area is 234 Å². The molecule has 0 unspecified atom stereocenters. The summed E-state index contributed by atoms with van der Waals surface area (Å²) in [6.07, 6.45) is 2.46. The minimum Gasteiger partial charge on any atom is -0.457 e. The van der Waals surface area contributed by atoms with Crippen molar-refractivity contribution in [3.8, 4) is 11.5 Å². The van der Waals surface area contributed by atoms with Crippen LogP contribution in [-0.4, -0.2) is 44.5 Å². The quantitative estimate of drug-likeness (QED) is 0.272. The zero-order valence-electron chi connectivity index (χ0n) is 24.0. The van der Waals surface area contributed by atoms with E-state index in [0.717, 1.165) is 30.6 Å². The van der Waals surface area contributed by atoms with Crippen LogP contribution in [-0.2, 0) is 17.3 Å². The smallest absolute Gasteiger partial charge is 0.229 e. The number of anilines is 3. The van der Waals surface area contributed by atoms with Crippen LogP contribution in [0, 0.1) is 11.7 Å². The zero-order valence-corrected chi connectivity index (χ0v) is 24.0. The van der Waals surface area contributed by atoms with Gasteiger partial charge in [-0.3, -0.25) is 4.79 Å². The maximum Gasteiger partial charge on any atom is 0.229 e. The van der Waals surface area contributed by atoms with E-state index in [9.17, 15) is 9.18 Å². The summed E-state index contributed by atoms with van der Waals surface area (Å²) in [5, 5.41) is 6.09. The number of nitrogens with one attached hydrogen (secondary N) is 2. The van der Waals surface area contributed by atoms with Crippen molar-refractivity contribution in [1.82, 2.24) is 19.4 Å². The minimum absolute atomic E-state index is 0.0211. The Hall–Kier alpha value is -3.98. The van der Waals surface area contributed by atoms with Crippen molar-refractivity contribution in [3.63, 3.8) is 0 Å². The lowest BCUT2D eigenvalue weighted by molar-refractivity contribution is -0.119. The van der Waals surface area contributed by atoms with E-state index in [2.05, 4.69) is 55.1 Å². The highest BCUT2D eigenvalue weighted by Gasteiger charge is 2.29. The first-order chi connectivity index (χ1) is 19.0. The zero-order chi connectivity index (χ0) is 28.6. The van der Waals surface area contributed by atoms with Gasteiger partial charge in [0.2, 0.25) is 11.9 Å². The van der Waals surface area contributed by atoms with Gasteiger partial charge in [0.25, 0.3) is 0 Å². The summed E-state index contributed by atoms with van der Waals surface area (Å²) in [6, 6.07) is 14.6. The second-order valence-electron chi connectivity index (χ2n) is 11.8. The molecular formula is C31H37FN6O2. The van der Waals surface area contributed by atoms with Crippen LogP contribution in [0.25, 0.3) is 11.0 Å². The van der Waals surface area contributed by atoms with Gasteiger partial charge in [-0.25, -0.2) is 14.4 Å². The van der Waals surface area contributed by atoms with Crippen molar-refractivity contribution in [2.24, 2.45) is 13.0 Å². The number of halogens is 1. The highest BCUT2D eigenvalue weighted by Crippen LogP contribution is 2.31. The summed E-state index contributed by atoms with van der Waals surface area (Å²) in [7, 11) is 1.88. The summed E-state index contributed by atoms with van der Waals surface area (Å²) in [6.45, 7) is 12.3. The average molecular weight is 545 g/mol. The molecule has 0 bridgehead atoms. The fourth-order valence-corrected chi connectivity index (χ4v) is 4.94. The Balaban J connectivity index is 1.30. The Morgan fingerprint density at radius 1 is 1.10 bits per heavy atom. The van der Waals surface area contributed by atoms with Crippen LogP contribution in [0.5, 0.6) is 11.5 Å². The van der Waals surface area contributed by atoms with Gasteiger partial charge < -0.3 is 24.8 Å². The predicted molar refractivity (Wildman–Crippen MR) is 157 cm³/mol.